The molecule has 0 radical (unpaired) electrons. The van der Waals surface area contributed by atoms with Crippen LogP contribution in [0.5, 0.6) is 0 Å². The Hall–Kier alpha value is -2.60. The van der Waals surface area contributed by atoms with Gasteiger partial charge in [0.15, 0.2) is 0 Å². The fourth-order valence-corrected chi connectivity index (χ4v) is 4.65. The van der Waals surface area contributed by atoms with E-state index in [2.05, 4.69) is 61.6 Å². The molecule has 0 spiro atoms. The van der Waals surface area contributed by atoms with Gasteiger partial charge in [-0.3, -0.25) is 4.98 Å². The second-order valence-electron chi connectivity index (χ2n) is 8.22. The Morgan fingerprint density at radius 2 is 1.66 bits per heavy atom. The van der Waals surface area contributed by atoms with E-state index in [0.29, 0.717) is 0 Å². The summed E-state index contributed by atoms with van der Waals surface area (Å²) < 4.78 is 2.33. The van der Waals surface area contributed by atoms with E-state index in [4.69, 9.17) is 4.98 Å². The van der Waals surface area contributed by atoms with Gasteiger partial charge < -0.3 is 19.3 Å². The minimum atomic E-state index is 0.987. The number of aromatic nitrogens is 3. The van der Waals surface area contributed by atoms with Crippen molar-refractivity contribution < 1.29 is 0 Å². The number of anilines is 2. The maximum atomic E-state index is 5.06. The zero-order chi connectivity index (χ0) is 19.6. The first-order valence-corrected chi connectivity index (χ1v) is 10.9. The molecule has 5 rings (SSSR count). The van der Waals surface area contributed by atoms with Gasteiger partial charge in [-0.1, -0.05) is 0 Å². The smallest absolute Gasteiger partial charge is 0.142 e. The lowest BCUT2D eigenvalue weighted by Crippen LogP contribution is -2.47. The van der Waals surface area contributed by atoms with Crippen LogP contribution in [0.25, 0.3) is 11.0 Å². The number of piperazine rings is 1. The third kappa shape index (κ3) is 3.81. The van der Waals surface area contributed by atoms with E-state index in [-0.39, 0.29) is 0 Å². The van der Waals surface area contributed by atoms with Crippen LogP contribution in [0, 0.1) is 6.92 Å². The standard InChI is InChI=1S/C23H30N6/c1-19-21(5-4-9-24-19)27-15-17-28(18-16-27)22-7-6-20-8-12-29(23(20)25-22)14-13-26-10-2-3-11-26/h4-9,12H,2-3,10-11,13-18H2,1H3. The summed E-state index contributed by atoms with van der Waals surface area (Å²) >= 11 is 0. The van der Waals surface area contributed by atoms with Crippen LogP contribution in [0.15, 0.2) is 42.7 Å². The molecular weight excluding hydrogens is 360 g/mol. The van der Waals surface area contributed by atoms with E-state index >= 15 is 0 Å². The molecule has 2 saturated heterocycles. The van der Waals surface area contributed by atoms with E-state index in [0.717, 1.165) is 56.4 Å². The average molecular weight is 391 g/mol. The zero-order valence-corrected chi connectivity index (χ0v) is 17.3. The molecule has 0 aliphatic carbocycles. The number of fused-ring (bicyclic) bond motifs is 1. The van der Waals surface area contributed by atoms with Crippen LogP contribution in [0.4, 0.5) is 11.5 Å². The third-order valence-electron chi connectivity index (χ3n) is 6.38. The predicted molar refractivity (Wildman–Crippen MR) is 119 cm³/mol. The highest BCUT2D eigenvalue weighted by Gasteiger charge is 2.20. The molecule has 3 aromatic rings. The molecule has 152 valence electrons. The highest BCUT2D eigenvalue weighted by atomic mass is 15.3. The van der Waals surface area contributed by atoms with Crippen LogP contribution in [-0.4, -0.2) is 65.2 Å². The Morgan fingerprint density at radius 1 is 0.862 bits per heavy atom. The maximum Gasteiger partial charge on any atom is 0.142 e. The van der Waals surface area contributed by atoms with E-state index in [9.17, 15) is 0 Å². The molecule has 0 saturated carbocycles. The molecule has 3 aromatic heterocycles. The van der Waals surface area contributed by atoms with Gasteiger partial charge in [-0.25, -0.2) is 4.98 Å². The van der Waals surface area contributed by atoms with Crippen molar-refractivity contribution in [1.29, 1.82) is 0 Å². The lowest BCUT2D eigenvalue weighted by Gasteiger charge is -2.37. The predicted octanol–water partition coefficient (Wildman–Crippen LogP) is 3.16. The first kappa shape index (κ1) is 18.4. The molecule has 0 N–H and O–H groups in total. The highest BCUT2D eigenvalue weighted by molar-refractivity contribution is 5.78. The molecule has 6 nitrogen and oxygen atoms in total. The minimum Gasteiger partial charge on any atom is -0.367 e. The Balaban J connectivity index is 1.28. The average Bonchev–Trinajstić information content (AvgIpc) is 3.42. The molecule has 0 aromatic carbocycles. The fraction of sp³-hybridized carbons (Fsp3) is 0.478. The SMILES string of the molecule is Cc1ncccc1N1CCN(c2ccc3ccn(CCN4CCCC4)c3n2)CC1. The third-order valence-corrected chi connectivity index (χ3v) is 6.38. The van der Waals surface area contributed by atoms with Crippen molar-refractivity contribution in [2.75, 3.05) is 55.6 Å². The molecule has 2 aliphatic rings. The lowest BCUT2D eigenvalue weighted by molar-refractivity contribution is 0.324. The second-order valence-corrected chi connectivity index (χ2v) is 8.22. The van der Waals surface area contributed by atoms with Crippen LogP contribution < -0.4 is 9.80 Å². The van der Waals surface area contributed by atoms with Crippen LogP contribution in [0.3, 0.4) is 0 Å². The Labute approximate surface area is 172 Å². The number of aryl methyl sites for hydroxylation is 1. The van der Waals surface area contributed by atoms with E-state index in [1.807, 2.05) is 12.3 Å². The van der Waals surface area contributed by atoms with Crippen molar-refractivity contribution in [2.45, 2.75) is 26.3 Å². The van der Waals surface area contributed by atoms with Gasteiger partial charge in [0.1, 0.15) is 11.5 Å². The van der Waals surface area contributed by atoms with Crippen molar-refractivity contribution in [3.05, 3.63) is 48.4 Å². The van der Waals surface area contributed by atoms with Gasteiger partial charge in [0.25, 0.3) is 0 Å². The van der Waals surface area contributed by atoms with Gasteiger partial charge in [0, 0.05) is 57.0 Å². The molecule has 2 fully saturated rings. The summed E-state index contributed by atoms with van der Waals surface area (Å²) in [5.41, 5.74) is 3.48. The first-order valence-electron chi connectivity index (χ1n) is 10.9. The molecular formula is C23H30N6. The van der Waals surface area contributed by atoms with Crippen molar-refractivity contribution in [2.24, 2.45) is 0 Å². The molecule has 0 unspecified atom stereocenters. The molecule has 0 bridgehead atoms. The lowest BCUT2D eigenvalue weighted by atomic mass is 10.2. The number of rotatable bonds is 5. The summed E-state index contributed by atoms with van der Waals surface area (Å²) in [6.07, 6.45) is 6.76. The topological polar surface area (TPSA) is 40.4 Å². The van der Waals surface area contributed by atoms with Crippen molar-refractivity contribution in [1.82, 2.24) is 19.4 Å². The summed E-state index contributed by atoms with van der Waals surface area (Å²) in [5.74, 6) is 1.10. The molecule has 2 aliphatic heterocycles. The second kappa shape index (κ2) is 8.03. The summed E-state index contributed by atoms with van der Waals surface area (Å²) in [6, 6.07) is 10.8. The number of pyridine rings is 2. The van der Waals surface area contributed by atoms with Crippen molar-refractivity contribution >= 4 is 22.5 Å². The van der Waals surface area contributed by atoms with E-state index < -0.39 is 0 Å². The summed E-state index contributed by atoms with van der Waals surface area (Å²) in [5, 5.41) is 1.24. The van der Waals surface area contributed by atoms with Gasteiger partial charge in [-0.05, 0) is 63.2 Å². The van der Waals surface area contributed by atoms with Crippen LogP contribution >= 0.6 is 0 Å². The van der Waals surface area contributed by atoms with Gasteiger partial charge in [0.05, 0.1) is 11.4 Å². The monoisotopic (exact) mass is 390 g/mol. The number of likely N-dealkylation sites (tertiary alicyclic amines) is 1. The Morgan fingerprint density at radius 3 is 2.45 bits per heavy atom. The van der Waals surface area contributed by atoms with Crippen LogP contribution in [0.2, 0.25) is 0 Å². The van der Waals surface area contributed by atoms with Gasteiger partial charge in [0.2, 0.25) is 0 Å². The highest BCUT2D eigenvalue weighted by Crippen LogP contribution is 2.23. The van der Waals surface area contributed by atoms with E-state index in [1.54, 1.807) is 0 Å². The zero-order valence-electron chi connectivity index (χ0n) is 17.3. The largest absolute Gasteiger partial charge is 0.367 e. The summed E-state index contributed by atoms with van der Waals surface area (Å²) in [7, 11) is 0. The molecule has 6 heteroatoms. The Bertz CT molecular complexity index is 966. The number of nitrogens with zero attached hydrogens (tertiary/aromatic N) is 6. The van der Waals surface area contributed by atoms with Crippen molar-refractivity contribution in [3.8, 4) is 0 Å². The molecule has 0 atom stereocenters. The number of hydrogen-bond donors (Lipinski definition) is 0. The van der Waals surface area contributed by atoms with Gasteiger partial charge in [-0.2, -0.15) is 0 Å². The summed E-state index contributed by atoms with van der Waals surface area (Å²) in [6.45, 7) is 10.7. The maximum absolute atomic E-state index is 5.06. The fourth-order valence-electron chi connectivity index (χ4n) is 4.65. The van der Waals surface area contributed by atoms with Crippen molar-refractivity contribution in [3.63, 3.8) is 0 Å². The van der Waals surface area contributed by atoms with Crippen LogP contribution in [-0.2, 0) is 6.54 Å². The van der Waals surface area contributed by atoms with E-state index in [1.165, 1.54) is 37.0 Å². The molecule has 29 heavy (non-hydrogen) atoms. The minimum absolute atomic E-state index is 0.987. The summed E-state index contributed by atoms with van der Waals surface area (Å²) in [4.78, 5) is 16.9. The Kier molecular flexibility index (Phi) is 5.10. The normalized spacial score (nSPS) is 18.1. The molecule has 5 heterocycles. The first-order chi connectivity index (χ1) is 14.3. The quantitative estimate of drug-likeness (QED) is 0.669. The van der Waals surface area contributed by atoms with Gasteiger partial charge in [-0.15, -0.1) is 0 Å². The van der Waals surface area contributed by atoms with Crippen LogP contribution in [0.1, 0.15) is 18.5 Å². The van der Waals surface area contributed by atoms with Gasteiger partial charge >= 0.3 is 0 Å². The molecule has 0 amide bonds. The number of hydrogen-bond acceptors (Lipinski definition) is 5.